The molecule has 104 heteroatoms. The molecule has 0 amide bonds. The third-order valence-electron chi connectivity index (χ3n) is 31.1. The molecule has 0 aliphatic rings. The summed E-state index contributed by atoms with van der Waals surface area (Å²) in [6, 6.07) is 0. The quantitative estimate of drug-likeness (QED) is 0.0533. The maximum atomic E-state index is 2.89. The van der Waals surface area contributed by atoms with Crippen LogP contribution in [0, 0.1) is 0 Å². The summed E-state index contributed by atoms with van der Waals surface area (Å²) in [6.07, 6.45) is 26.2. The third kappa shape index (κ3) is 29.5. The van der Waals surface area contributed by atoms with Gasteiger partial charge in [0, 0.05) is 326 Å². The van der Waals surface area contributed by atoms with Crippen LogP contribution in [0.15, 0.2) is 0 Å². The van der Waals surface area contributed by atoms with Crippen LogP contribution in [0.2, 0.25) is 0 Å². The lowest BCUT2D eigenvalue weighted by molar-refractivity contribution is 3.12. The molecule has 0 rings (SSSR count). The molecule has 0 nitrogen and oxygen atoms in total. The minimum Gasteiger partial charge on any atom is 0.000000150 e. The van der Waals surface area contributed by atoms with Crippen molar-refractivity contribution >= 4 is 736 Å². The van der Waals surface area contributed by atoms with E-state index in [-0.39, 0.29) is 0 Å². The van der Waals surface area contributed by atoms with Crippen molar-refractivity contribution in [2.45, 2.75) is 0 Å². The van der Waals surface area contributed by atoms with Gasteiger partial charge in [0.15, 0.2) is 0 Å². The predicted octanol–water partition coefficient (Wildman–Crippen LogP) is -68.0. The summed E-state index contributed by atoms with van der Waals surface area (Å²) in [5.41, 5.74) is 0. The second-order valence-corrected chi connectivity index (χ2v) is 47.1. The van der Waals surface area contributed by atoms with Gasteiger partial charge in [-0.2, -0.15) is 0 Å². The Labute approximate surface area is 728 Å². The Bertz CT molecular complexity index is 1770. The molecule has 0 radical (unpaired) electrons. The van der Waals surface area contributed by atoms with Gasteiger partial charge in [-0.1, -0.05) is 0 Å². The zero-order valence-corrected chi connectivity index (χ0v) is 82.4. The van der Waals surface area contributed by atoms with E-state index in [2.05, 4.69) is 410 Å². The third-order valence-corrected chi connectivity index (χ3v) is 31.1. The fourth-order valence-corrected chi connectivity index (χ4v) is 30.2. The van der Waals surface area contributed by atoms with Gasteiger partial charge in [0.25, 0.3) is 0 Å². The van der Waals surface area contributed by atoms with Crippen LogP contribution in [0.1, 0.15) is 0 Å². The summed E-state index contributed by atoms with van der Waals surface area (Å²) < 4.78 is 0. The summed E-state index contributed by atoms with van der Waals surface area (Å²) in [7, 11) is 148. The zero-order chi connectivity index (χ0) is 82.4. The van der Waals surface area contributed by atoms with Crippen LogP contribution in [0.5, 0.6) is 0 Å². The van der Waals surface area contributed by atoms with Crippen molar-refractivity contribution in [2.75, 3.05) is 0 Å². The molecule has 0 heterocycles. The van der Waals surface area contributed by atoms with Gasteiger partial charge < -0.3 is 0 Å². The van der Waals surface area contributed by atoms with Gasteiger partial charge >= 0.3 is 0 Å². The fourth-order valence-electron chi connectivity index (χ4n) is 30.2. The molecule has 0 aliphatic heterocycles. The molecule has 0 aliphatic carbocycles. The standard InChI is InChI=1S/B104H106/c1-54(2)80(53)93(79(51)52)100(94(81(55(3)4)56(5)6)82(57(7)8)58(9)10)103(99(91(75(43)44)76(45)46)92(77(47)48)78(49)50)104(101(95(83(59(11)12)60(13)14)84(61(15)16)62(17)18)96(85(63(19)20)64(21)22)86(65(23)24)66(25)26)102(97(87(67(27)28)68(29)30)88(69(31)32)70(33)34)98(89(71(35)36)72(37)38)90(73(39)40)74(41)42/h1-53H2. The number of hydrogen-bond acceptors (Lipinski definition) is 0. The first kappa shape index (κ1) is 111. The molecule has 0 fully saturated rings. The SMILES string of the molecule is BB(B)B(B)B(B(B)B)B(B(B(B(B)B)B(B)B)B(B(B)B)B(B)B)B(B(B(B(B)B)B(B)B)B(B(B)B)B(B)B)B(B(B(B(B(B)B)B(B)B)B(B(B)B)B(B)B)B(B(B(B)B)B(B)B)B(B(B)B)B(B)B)B(B(B(B(B)B)B(B)B)B(B(B)B)B(B)B)B(B(B(B)B)B(B)B)B(B(B)B)B(B)B. The lowest BCUT2D eigenvalue weighted by Crippen LogP contribution is -3.01. The van der Waals surface area contributed by atoms with E-state index < -0.39 is 0 Å². The molecule has 0 bridgehead atoms. The smallest absolute Gasteiger partial charge is 0.000000150 e. The Hall–Kier alpha value is 6.75. The van der Waals surface area contributed by atoms with Gasteiger partial charge in [-0.05, 0) is 0 Å². The zero-order valence-electron chi connectivity index (χ0n) is 82.4. The van der Waals surface area contributed by atoms with Crippen LogP contribution in [-0.2, 0) is 0 Å². The molecular weight excluding hydrogens is 1120 g/mol. The van der Waals surface area contributed by atoms with E-state index in [4.69, 9.17) is 0 Å². The summed E-state index contributed by atoms with van der Waals surface area (Å²) in [6.45, 7) is 0. The van der Waals surface area contributed by atoms with Crippen LogP contribution in [0.4, 0.5) is 0 Å². The molecule has 0 unspecified atom stereocenters. The highest BCUT2D eigenvalue weighted by atomic mass is 13.5. The van der Waals surface area contributed by atoms with E-state index in [1.165, 1.54) is 0 Å². The van der Waals surface area contributed by atoms with Crippen LogP contribution < -0.4 is 0 Å². The van der Waals surface area contributed by atoms with Gasteiger partial charge in [0.05, 0.1) is 410 Å². The largest absolute Gasteiger partial charge is 0.0552 e. The molecule has 0 atom stereocenters. The molecule has 0 aromatic carbocycles. The predicted molar refractivity (Wildman–Crippen MR) is 746 cm³/mol. The number of rotatable bonds is 50. The minimum absolute atomic E-state index is 0.401. The van der Waals surface area contributed by atoms with E-state index in [0.29, 0.717) is 326 Å². The van der Waals surface area contributed by atoms with Crippen molar-refractivity contribution in [3.8, 4) is 0 Å². The first-order chi connectivity index (χ1) is 47.3. The summed E-state index contributed by atoms with van der Waals surface area (Å²) >= 11 is 0. The second-order valence-electron chi connectivity index (χ2n) is 47.1. The van der Waals surface area contributed by atoms with E-state index in [1.54, 1.807) is 0 Å². The van der Waals surface area contributed by atoms with Crippen molar-refractivity contribution in [2.24, 2.45) is 0 Å². The Morgan fingerprint density at radius 1 is 0.0577 bits per heavy atom. The molecule has 104 heavy (non-hydrogen) atoms. The maximum absolute atomic E-state index is 2.89. The van der Waals surface area contributed by atoms with Crippen LogP contribution >= 0.6 is 0 Å². The average Bonchev–Trinajstić information content (AvgIpc) is 3.41. The molecule has 0 N–H and O–H groups in total. The molecule has 0 aromatic heterocycles. The van der Waals surface area contributed by atoms with E-state index >= 15 is 0 Å². The first-order valence-corrected chi connectivity index (χ1v) is 47.3. The normalized spacial score (nSPS) is 9.85. The highest BCUT2D eigenvalue weighted by molar-refractivity contribution is 8.44. The van der Waals surface area contributed by atoms with Gasteiger partial charge in [0.1, 0.15) is 0 Å². The molecule has 0 saturated heterocycles. The fraction of sp³-hybridized carbons (Fsp3) is 0. The monoisotopic (exact) mass is 1250 g/mol. The van der Waals surface area contributed by atoms with Gasteiger partial charge in [-0.15, -0.1) is 0 Å². The van der Waals surface area contributed by atoms with Crippen molar-refractivity contribution in [1.29, 1.82) is 0 Å². The van der Waals surface area contributed by atoms with E-state index in [1.807, 2.05) is 0 Å². The Morgan fingerprint density at radius 3 is 0.173 bits per heavy atom. The Kier molecular flexibility index (Phi) is 54.2. The Morgan fingerprint density at radius 2 is 0.115 bits per heavy atom. The minimum atomic E-state index is 0.401. The van der Waals surface area contributed by atoms with Crippen molar-refractivity contribution in [3.63, 3.8) is 0 Å². The highest BCUT2D eigenvalue weighted by Gasteiger charge is 2.70. The van der Waals surface area contributed by atoms with E-state index in [9.17, 15) is 0 Å². The van der Waals surface area contributed by atoms with Gasteiger partial charge in [-0.25, -0.2) is 0 Å². The highest BCUT2D eigenvalue weighted by Crippen LogP contribution is 2.31. The lowest BCUT2D eigenvalue weighted by atomic mass is 8.18. The summed E-state index contributed by atoms with van der Waals surface area (Å²) in [5.74, 6) is 0. The molecule has 0 spiro atoms. The molecule has 418 valence electrons. The van der Waals surface area contributed by atoms with Crippen LogP contribution in [0.3, 0.4) is 0 Å². The second kappa shape index (κ2) is 50.9. The summed E-state index contributed by atoms with van der Waals surface area (Å²) in [4.78, 5) is 0. The van der Waals surface area contributed by atoms with Gasteiger partial charge in [0.2, 0.25) is 0 Å². The van der Waals surface area contributed by atoms with Crippen molar-refractivity contribution in [3.05, 3.63) is 0 Å². The Balaban J connectivity index is 15.0. The van der Waals surface area contributed by atoms with Crippen LogP contribution in [0.25, 0.3) is 0 Å². The van der Waals surface area contributed by atoms with Crippen molar-refractivity contribution < 1.29 is 0 Å². The molecular formula is H106B104. The van der Waals surface area contributed by atoms with Crippen LogP contribution in [-0.4, -0.2) is 736 Å². The van der Waals surface area contributed by atoms with E-state index in [0.717, 1.165) is 0 Å². The summed E-state index contributed by atoms with van der Waals surface area (Å²) in [5, 5.41) is 0. The van der Waals surface area contributed by atoms with Gasteiger partial charge in [-0.3, -0.25) is 0 Å². The maximum Gasteiger partial charge on any atom is 0.0552 e. The van der Waals surface area contributed by atoms with Crippen molar-refractivity contribution in [1.82, 2.24) is 0 Å². The lowest BCUT2D eigenvalue weighted by Gasteiger charge is -2.63. The molecule has 0 saturated carbocycles. The average molecular weight is 1230 g/mol. The molecule has 0 aromatic rings. The number of hydrogen-bond donors (Lipinski definition) is 0. The first-order valence-electron chi connectivity index (χ1n) is 47.3. The topological polar surface area (TPSA) is 0 Å².